The van der Waals surface area contributed by atoms with Crippen LogP contribution in [-0.4, -0.2) is 79.0 Å². The van der Waals surface area contributed by atoms with E-state index in [4.69, 9.17) is 4.42 Å². The van der Waals surface area contributed by atoms with Gasteiger partial charge in [-0.1, -0.05) is 0 Å². The van der Waals surface area contributed by atoms with Crippen molar-refractivity contribution in [3.05, 3.63) is 17.9 Å². The van der Waals surface area contributed by atoms with E-state index in [1.807, 2.05) is 6.07 Å². The molecule has 3 saturated heterocycles. The van der Waals surface area contributed by atoms with Crippen LogP contribution in [0.4, 0.5) is 0 Å². The molecule has 27 heavy (non-hydrogen) atoms. The average Bonchev–Trinajstić information content (AvgIpc) is 3.45. The Labute approximate surface area is 162 Å². The first kappa shape index (κ1) is 19.4. The van der Waals surface area contributed by atoms with Crippen LogP contribution in [0.3, 0.4) is 0 Å². The SMILES string of the molecule is O=S(=O)(c1ccc(CN2CCC[C@@H]2CN2CCC[C@H]2CO)o1)N1CCCC1. The molecule has 2 atom stereocenters. The first-order valence-electron chi connectivity index (χ1n) is 10.3. The minimum absolute atomic E-state index is 0.0787. The van der Waals surface area contributed by atoms with E-state index in [2.05, 4.69) is 9.80 Å². The van der Waals surface area contributed by atoms with Gasteiger partial charge in [-0.3, -0.25) is 9.80 Å². The van der Waals surface area contributed by atoms with Crippen molar-refractivity contribution < 1.29 is 17.9 Å². The highest BCUT2D eigenvalue weighted by atomic mass is 32.2. The third-order valence-electron chi connectivity index (χ3n) is 6.31. The third-order valence-corrected chi connectivity index (χ3v) is 8.08. The summed E-state index contributed by atoms with van der Waals surface area (Å²) < 4.78 is 32.6. The number of sulfonamides is 1. The van der Waals surface area contributed by atoms with Crippen molar-refractivity contribution in [3.63, 3.8) is 0 Å². The van der Waals surface area contributed by atoms with Crippen LogP contribution in [0.15, 0.2) is 21.6 Å². The van der Waals surface area contributed by atoms with E-state index in [9.17, 15) is 13.5 Å². The molecule has 0 saturated carbocycles. The molecule has 0 radical (unpaired) electrons. The summed E-state index contributed by atoms with van der Waals surface area (Å²) in [7, 11) is -3.48. The lowest BCUT2D eigenvalue weighted by atomic mass is 10.2. The summed E-state index contributed by atoms with van der Waals surface area (Å²) in [5, 5.41) is 9.63. The second-order valence-electron chi connectivity index (χ2n) is 8.07. The number of furan rings is 1. The molecule has 1 aromatic rings. The molecule has 1 N–H and O–H groups in total. The van der Waals surface area contributed by atoms with Gasteiger partial charge in [0, 0.05) is 31.7 Å². The fourth-order valence-electron chi connectivity index (χ4n) is 4.76. The van der Waals surface area contributed by atoms with Crippen molar-refractivity contribution >= 4 is 10.0 Å². The molecule has 152 valence electrons. The summed E-state index contributed by atoms with van der Waals surface area (Å²) in [5.41, 5.74) is 0. The maximum atomic E-state index is 12.6. The van der Waals surface area contributed by atoms with E-state index in [0.29, 0.717) is 31.7 Å². The zero-order valence-corrected chi connectivity index (χ0v) is 16.7. The number of likely N-dealkylation sites (tertiary alicyclic amines) is 2. The van der Waals surface area contributed by atoms with Gasteiger partial charge in [0.25, 0.3) is 10.0 Å². The normalized spacial score (nSPS) is 28.5. The molecule has 4 heterocycles. The number of aliphatic hydroxyl groups is 1. The van der Waals surface area contributed by atoms with Gasteiger partial charge >= 0.3 is 0 Å². The number of hydrogen-bond donors (Lipinski definition) is 1. The molecule has 1 aromatic heterocycles. The highest BCUT2D eigenvalue weighted by Gasteiger charge is 2.33. The van der Waals surface area contributed by atoms with Crippen LogP contribution < -0.4 is 0 Å². The molecule has 8 heteroatoms. The Kier molecular flexibility index (Phi) is 5.89. The number of aliphatic hydroxyl groups excluding tert-OH is 1. The molecule has 0 spiro atoms. The van der Waals surface area contributed by atoms with Crippen molar-refractivity contribution in [1.29, 1.82) is 0 Å². The van der Waals surface area contributed by atoms with Crippen molar-refractivity contribution in [2.75, 3.05) is 39.3 Å². The number of nitrogens with zero attached hydrogens (tertiary/aromatic N) is 3. The standard InChI is InChI=1S/C19H31N3O4S/c23-15-17-6-4-9-20(17)13-16-5-3-10-21(16)14-18-7-8-19(26-18)27(24,25)22-11-1-2-12-22/h7-8,16-17,23H,1-6,9-15H2/t16-,17+/m1/s1. The van der Waals surface area contributed by atoms with E-state index in [1.165, 1.54) is 4.31 Å². The first-order valence-corrected chi connectivity index (χ1v) is 11.7. The van der Waals surface area contributed by atoms with Crippen LogP contribution in [-0.2, 0) is 16.6 Å². The van der Waals surface area contributed by atoms with E-state index in [0.717, 1.165) is 63.9 Å². The predicted molar refractivity (Wildman–Crippen MR) is 102 cm³/mol. The quantitative estimate of drug-likeness (QED) is 0.751. The zero-order chi connectivity index (χ0) is 18.9. The van der Waals surface area contributed by atoms with Crippen LogP contribution >= 0.6 is 0 Å². The van der Waals surface area contributed by atoms with Crippen LogP contribution in [0.1, 0.15) is 44.3 Å². The molecule has 0 aliphatic carbocycles. The maximum absolute atomic E-state index is 12.6. The van der Waals surface area contributed by atoms with Gasteiger partial charge in [0.2, 0.25) is 5.09 Å². The Morgan fingerprint density at radius 3 is 2.41 bits per heavy atom. The Hall–Kier alpha value is -0.930. The third kappa shape index (κ3) is 4.10. The van der Waals surface area contributed by atoms with Gasteiger partial charge in [-0.05, 0) is 63.7 Å². The first-order chi connectivity index (χ1) is 13.1. The van der Waals surface area contributed by atoms with Crippen molar-refractivity contribution in [2.24, 2.45) is 0 Å². The molecule has 3 aliphatic rings. The molecule has 7 nitrogen and oxygen atoms in total. The summed E-state index contributed by atoms with van der Waals surface area (Å²) in [6, 6.07) is 4.16. The van der Waals surface area contributed by atoms with Gasteiger partial charge < -0.3 is 9.52 Å². The van der Waals surface area contributed by atoms with Gasteiger partial charge in [0.15, 0.2) is 0 Å². The summed E-state index contributed by atoms with van der Waals surface area (Å²) in [6.07, 6.45) is 6.39. The molecule has 4 rings (SSSR count). The lowest BCUT2D eigenvalue weighted by molar-refractivity contribution is 0.116. The van der Waals surface area contributed by atoms with Gasteiger partial charge in [0.05, 0.1) is 13.2 Å². The van der Waals surface area contributed by atoms with E-state index < -0.39 is 10.0 Å². The molecule has 0 aromatic carbocycles. The van der Waals surface area contributed by atoms with Gasteiger partial charge in [-0.2, -0.15) is 4.31 Å². The minimum Gasteiger partial charge on any atom is -0.447 e. The molecule has 3 fully saturated rings. The van der Waals surface area contributed by atoms with Crippen LogP contribution in [0.2, 0.25) is 0 Å². The Morgan fingerprint density at radius 1 is 0.963 bits per heavy atom. The summed E-state index contributed by atoms with van der Waals surface area (Å²) >= 11 is 0. The van der Waals surface area contributed by atoms with Crippen LogP contribution in [0, 0.1) is 0 Å². The molecule has 0 amide bonds. The second-order valence-corrected chi connectivity index (χ2v) is 9.94. The highest BCUT2D eigenvalue weighted by Crippen LogP contribution is 2.27. The molecule has 3 aliphatic heterocycles. The van der Waals surface area contributed by atoms with Crippen molar-refractivity contribution in [2.45, 2.75) is 62.2 Å². The summed E-state index contributed by atoms with van der Waals surface area (Å²) in [5.74, 6) is 0.722. The van der Waals surface area contributed by atoms with Crippen LogP contribution in [0.5, 0.6) is 0 Å². The Morgan fingerprint density at radius 2 is 1.67 bits per heavy atom. The fourth-order valence-corrected chi connectivity index (χ4v) is 6.21. The highest BCUT2D eigenvalue weighted by molar-refractivity contribution is 7.89. The lowest BCUT2D eigenvalue weighted by Gasteiger charge is -2.30. The zero-order valence-electron chi connectivity index (χ0n) is 15.9. The number of rotatable bonds is 7. The number of hydrogen-bond acceptors (Lipinski definition) is 6. The largest absolute Gasteiger partial charge is 0.447 e. The van der Waals surface area contributed by atoms with Crippen molar-refractivity contribution in [1.82, 2.24) is 14.1 Å². The smallest absolute Gasteiger partial charge is 0.276 e. The van der Waals surface area contributed by atoms with Crippen molar-refractivity contribution in [3.8, 4) is 0 Å². The lowest BCUT2D eigenvalue weighted by Crippen LogP contribution is -2.43. The van der Waals surface area contributed by atoms with E-state index in [-0.39, 0.29) is 11.7 Å². The summed E-state index contributed by atoms with van der Waals surface area (Å²) in [4.78, 5) is 4.81. The molecular weight excluding hydrogens is 366 g/mol. The Bertz CT molecular complexity index is 729. The second kappa shape index (κ2) is 8.21. The van der Waals surface area contributed by atoms with E-state index >= 15 is 0 Å². The van der Waals surface area contributed by atoms with E-state index in [1.54, 1.807) is 6.07 Å². The maximum Gasteiger partial charge on any atom is 0.276 e. The molecule has 0 unspecified atom stereocenters. The van der Waals surface area contributed by atoms with Gasteiger partial charge in [-0.15, -0.1) is 0 Å². The Balaban J connectivity index is 1.39. The monoisotopic (exact) mass is 397 g/mol. The van der Waals surface area contributed by atoms with Gasteiger partial charge in [0.1, 0.15) is 5.76 Å². The topological polar surface area (TPSA) is 77.2 Å². The summed E-state index contributed by atoms with van der Waals surface area (Å²) in [6.45, 7) is 5.12. The van der Waals surface area contributed by atoms with Crippen LogP contribution in [0.25, 0.3) is 0 Å². The predicted octanol–water partition coefficient (Wildman–Crippen LogP) is 1.49. The minimum atomic E-state index is -3.48. The molecule has 0 bridgehead atoms. The van der Waals surface area contributed by atoms with Gasteiger partial charge in [-0.25, -0.2) is 8.42 Å². The molecular formula is C19H31N3O4S. The fraction of sp³-hybridized carbons (Fsp3) is 0.789. The average molecular weight is 398 g/mol.